The van der Waals surface area contributed by atoms with Gasteiger partial charge in [-0.25, -0.2) is 4.72 Å². The van der Waals surface area contributed by atoms with Gasteiger partial charge >= 0.3 is 0 Å². The van der Waals surface area contributed by atoms with E-state index in [2.05, 4.69) is 37.4 Å². The molecule has 1 aliphatic rings. The molecule has 2 aromatic carbocycles. The number of nitrogens with one attached hydrogen (secondary N) is 3. The van der Waals surface area contributed by atoms with Crippen molar-refractivity contribution in [2.45, 2.75) is 39.9 Å². The first-order valence-corrected chi connectivity index (χ1v) is 13.5. The Labute approximate surface area is 229 Å². The van der Waals surface area contributed by atoms with Gasteiger partial charge in [0.05, 0.1) is 17.3 Å². The van der Waals surface area contributed by atoms with E-state index in [1.165, 1.54) is 16.8 Å². The lowest BCUT2D eigenvalue weighted by atomic mass is 9.82. The number of likely N-dealkylation sites (N-methyl/N-ethyl adjacent to an activating group) is 1. The fourth-order valence-electron chi connectivity index (χ4n) is 4.37. The Hall–Kier alpha value is -3.37. The van der Waals surface area contributed by atoms with Crippen LogP contribution < -0.4 is 24.4 Å². The van der Waals surface area contributed by atoms with Crippen molar-refractivity contribution < 1.29 is 19.4 Å². The van der Waals surface area contributed by atoms with Crippen LogP contribution in [0.5, 0.6) is 17.2 Å². The molecule has 206 valence electrons. The molecule has 3 rings (SSSR count). The van der Waals surface area contributed by atoms with Crippen molar-refractivity contribution in [2.75, 3.05) is 39.1 Å². The maximum atomic E-state index is 13.0. The Bertz CT molecular complexity index is 1220. The van der Waals surface area contributed by atoms with Crippen molar-refractivity contribution in [2.24, 2.45) is 5.41 Å². The van der Waals surface area contributed by atoms with Gasteiger partial charge in [-0.2, -0.15) is 0 Å². The zero-order valence-corrected chi connectivity index (χ0v) is 24.2. The van der Waals surface area contributed by atoms with E-state index in [0.29, 0.717) is 28.3 Å². The number of allylic oxidation sites excluding steroid dienone is 1. The van der Waals surface area contributed by atoms with E-state index in [-0.39, 0.29) is 41.3 Å². The van der Waals surface area contributed by atoms with Gasteiger partial charge in [0.2, 0.25) is 6.79 Å². The Morgan fingerprint density at radius 1 is 1.16 bits per heavy atom. The first-order chi connectivity index (χ1) is 17.8. The summed E-state index contributed by atoms with van der Waals surface area (Å²) in [6.07, 6.45) is 1.23. The van der Waals surface area contributed by atoms with Crippen LogP contribution in [0.2, 0.25) is 0 Å². The Kier molecular flexibility index (Phi) is 8.89. The summed E-state index contributed by atoms with van der Waals surface area (Å²) in [5.74, 6) is 1.10. The van der Waals surface area contributed by atoms with Crippen LogP contribution in [-0.4, -0.2) is 62.1 Å². The first kappa shape index (κ1) is 29.2. The summed E-state index contributed by atoms with van der Waals surface area (Å²) in [5.41, 5.74) is 2.56. The number of nitrogens with zero attached hydrogens (tertiary/aromatic N) is 2. The second-order valence-corrected chi connectivity index (χ2v) is 11.3. The summed E-state index contributed by atoms with van der Waals surface area (Å²) in [7, 11) is 5.05. The van der Waals surface area contributed by atoms with Crippen molar-refractivity contribution in [3.8, 4) is 17.2 Å². The third-order valence-corrected chi connectivity index (χ3v) is 6.86. The van der Waals surface area contributed by atoms with Gasteiger partial charge in [-0.3, -0.25) is 10.2 Å². The number of carbonyl (C=O) groups is 1. The van der Waals surface area contributed by atoms with Crippen LogP contribution in [0.15, 0.2) is 36.9 Å². The second-order valence-electron chi connectivity index (χ2n) is 10.6. The van der Waals surface area contributed by atoms with Crippen LogP contribution in [0.1, 0.15) is 55.2 Å². The molecule has 0 spiro atoms. The summed E-state index contributed by atoms with van der Waals surface area (Å²) < 4.78 is 14.3. The number of carbonyl (C=O) groups excluding carboxylic acids is 1. The minimum atomic E-state index is -0.646. The molecule has 0 aliphatic carbocycles. The van der Waals surface area contributed by atoms with Gasteiger partial charge < -0.3 is 29.7 Å². The zero-order valence-electron chi connectivity index (χ0n) is 23.4. The molecule has 4 N–H and O–H groups in total. The number of amidine groups is 1. The van der Waals surface area contributed by atoms with E-state index < -0.39 is 6.17 Å². The smallest absolute Gasteiger partial charge is 0.257 e. The SMILES string of the molecule is C=C(C)c1ccc(N(C)C(NSC)C(=N)N[C@@H](c2ccc3c(c2)OCO3)C(C)(C)C)c(O)c1C(=O)N(C)C. The number of rotatable bonds is 9. The topological polar surface area (TPSA) is 110 Å². The third kappa shape index (κ3) is 6.02. The first-order valence-electron chi connectivity index (χ1n) is 12.3. The van der Waals surface area contributed by atoms with E-state index in [1.807, 2.05) is 24.5 Å². The lowest BCUT2D eigenvalue weighted by Gasteiger charge is -2.37. The molecule has 1 aliphatic heterocycles. The fourth-order valence-corrected chi connectivity index (χ4v) is 4.87. The van der Waals surface area contributed by atoms with Crippen molar-refractivity contribution in [1.29, 1.82) is 5.41 Å². The number of aromatic hydroxyl groups is 1. The normalized spacial score (nSPS) is 14.0. The fraction of sp³-hybridized carbons (Fsp3) is 0.429. The van der Waals surface area contributed by atoms with E-state index in [4.69, 9.17) is 14.9 Å². The molecule has 1 unspecified atom stereocenters. The molecule has 0 saturated heterocycles. The Morgan fingerprint density at radius 2 is 1.82 bits per heavy atom. The summed E-state index contributed by atoms with van der Waals surface area (Å²) in [6, 6.07) is 9.10. The minimum absolute atomic E-state index is 0.157. The maximum absolute atomic E-state index is 13.0. The number of anilines is 1. The molecule has 0 radical (unpaired) electrons. The van der Waals surface area contributed by atoms with Crippen LogP contribution in [-0.2, 0) is 0 Å². The van der Waals surface area contributed by atoms with Crippen LogP contribution >= 0.6 is 11.9 Å². The Morgan fingerprint density at radius 3 is 2.39 bits per heavy atom. The summed E-state index contributed by atoms with van der Waals surface area (Å²) in [4.78, 5) is 16.2. The number of hydrogen-bond donors (Lipinski definition) is 4. The van der Waals surface area contributed by atoms with Gasteiger partial charge in [0.1, 0.15) is 12.0 Å². The van der Waals surface area contributed by atoms with Crippen molar-refractivity contribution in [3.05, 3.63) is 53.6 Å². The van der Waals surface area contributed by atoms with Gasteiger partial charge in [-0.05, 0) is 47.9 Å². The molecule has 0 fully saturated rings. The van der Waals surface area contributed by atoms with Crippen molar-refractivity contribution in [1.82, 2.24) is 14.9 Å². The predicted molar refractivity (Wildman–Crippen MR) is 155 cm³/mol. The second kappa shape index (κ2) is 11.6. The predicted octanol–water partition coefficient (Wildman–Crippen LogP) is 4.84. The van der Waals surface area contributed by atoms with Gasteiger partial charge in [-0.1, -0.05) is 57.0 Å². The van der Waals surface area contributed by atoms with E-state index in [9.17, 15) is 9.90 Å². The number of benzene rings is 2. The quantitative estimate of drug-likeness (QED) is 0.155. The highest BCUT2D eigenvalue weighted by molar-refractivity contribution is 7.96. The monoisotopic (exact) mass is 541 g/mol. The average molecular weight is 542 g/mol. The molecule has 2 atom stereocenters. The number of ether oxygens (including phenoxy) is 2. The maximum Gasteiger partial charge on any atom is 0.257 e. The third-order valence-electron chi connectivity index (χ3n) is 6.40. The zero-order chi connectivity index (χ0) is 28.4. The van der Waals surface area contributed by atoms with Crippen molar-refractivity contribution in [3.63, 3.8) is 0 Å². The van der Waals surface area contributed by atoms with Crippen LogP contribution in [0.4, 0.5) is 5.69 Å². The molecule has 1 amide bonds. The molecule has 9 nitrogen and oxygen atoms in total. The highest BCUT2D eigenvalue weighted by Crippen LogP contribution is 2.40. The number of hydrogen-bond acceptors (Lipinski definition) is 8. The van der Waals surface area contributed by atoms with E-state index in [1.54, 1.807) is 45.1 Å². The molecular formula is C28H39N5O4S. The molecule has 1 heterocycles. The van der Waals surface area contributed by atoms with E-state index in [0.717, 1.165) is 5.56 Å². The lowest BCUT2D eigenvalue weighted by molar-refractivity contribution is 0.0824. The average Bonchev–Trinajstić information content (AvgIpc) is 3.31. The number of phenols is 1. The summed E-state index contributed by atoms with van der Waals surface area (Å²) in [5, 5.41) is 23.8. The lowest BCUT2D eigenvalue weighted by Crippen LogP contribution is -2.53. The molecule has 38 heavy (non-hydrogen) atoms. The standard InChI is InChI=1S/C28H39N5O4S/c1-16(2)18-11-12-19(23(34)22(18)27(35)32(6)7)33(8)26(31-38-9)25(29)30-24(28(3,4)5)17-10-13-20-21(14-17)37-15-36-20/h10-14,24,26,31,34H,1,15H2,2-9H3,(H2,29,30)/t24-,26?/m0/s1. The summed E-state index contributed by atoms with van der Waals surface area (Å²) >= 11 is 1.36. The van der Waals surface area contributed by atoms with Crippen molar-refractivity contribution >= 4 is 35.0 Å². The molecular weight excluding hydrogens is 502 g/mol. The van der Waals surface area contributed by atoms with Gasteiger partial charge in [0, 0.05) is 21.1 Å². The minimum Gasteiger partial charge on any atom is -0.505 e. The van der Waals surface area contributed by atoms with Crippen LogP contribution in [0.3, 0.4) is 0 Å². The molecule has 10 heteroatoms. The highest BCUT2D eigenvalue weighted by atomic mass is 32.2. The Balaban J connectivity index is 1.98. The van der Waals surface area contributed by atoms with Gasteiger partial charge in [0.15, 0.2) is 17.2 Å². The highest BCUT2D eigenvalue weighted by Gasteiger charge is 2.33. The summed E-state index contributed by atoms with van der Waals surface area (Å²) in [6.45, 7) is 12.3. The molecule has 0 bridgehead atoms. The molecule has 0 saturated carbocycles. The molecule has 0 aromatic heterocycles. The van der Waals surface area contributed by atoms with E-state index >= 15 is 0 Å². The number of fused-ring (bicyclic) bond motifs is 1. The number of phenolic OH excluding ortho intramolecular Hbond substituents is 1. The van der Waals surface area contributed by atoms with Gasteiger partial charge in [0.25, 0.3) is 5.91 Å². The van der Waals surface area contributed by atoms with Gasteiger partial charge in [-0.15, -0.1) is 0 Å². The molecule has 2 aromatic rings. The largest absolute Gasteiger partial charge is 0.505 e. The number of amides is 1. The van der Waals surface area contributed by atoms with Crippen LogP contribution in [0, 0.1) is 10.8 Å². The van der Waals surface area contributed by atoms with Crippen LogP contribution in [0.25, 0.3) is 5.57 Å².